The lowest BCUT2D eigenvalue weighted by molar-refractivity contribution is 0.0708. The second-order valence-electron chi connectivity index (χ2n) is 8.73. The van der Waals surface area contributed by atoms with Crippen LogP contribution in [0.5, 0.6) is 5.75 Å². The number of nitrogen functional groups attached to an aromatic ring is 1. The SMILES string of the molecule is CN(C(=O)c1ccc2nc(N)c3c(c2c1)COC3)[C@H]1COc2cc(C3=CCOCC3)ccc21. The van der Waals surface area contributed by atoms with Crippen LogP contribution >= 0.6 is 0 Å². The highest BCUT2D eigenvalue weighted by Gasteiger charge is 2.31. The summed E-state index contributed by atoms with van der Waals surface area (Å²) < 4.78 is 17.0. The number of hydrogen-bond donors (Lipinski definition) is 1. The third-order valence-electron chi connectivity index (χ3n) is 6.87. The molecule has 7 heteroatoms. The van der Waals surface area contributed by atoms with Gasteiger partial charge in [-0.05, 0) is 47.4 Å². The Bertz CT molecular complexity index is 1320. The summed E-state index contributed by atoms with van der Waals surface area (Å²) in [6, 6.07) is 11.7. The summed E-state index contributed by atoms with van der Waals surface area (Å²) in [5.74, 6) is 1.29. The summed E-state index contributed by atoms with van der Waals surface area (Å²) in [7, 11) is 1.83. The molecule has 3 aliphatic heterocycles. The number of nitrogens with two attached hydrogens (primary N) is 1. The molecule has 1 aromatic heterocycles. The zero-order valence-electron chi connectivity index (χ0n) is 18.5. The molecule has 0 saturated heterocycles. The Morgan fingerprint density at radius 1 is 1.12 bits per heavy atom. The van der Waals surface area contributed by atoms with Crippen LogP contribution in [0.25, 0.3) is 16.5 Å². The Kier molecular flexibility index (Phi) is 4.81. The molecule has 6 rings (SSSR count). The van der Waals surface area contributed by atoms with Crippen molar-refractivity contribution in [2.75, 3.05) is 32.6 Å². The fraction of sp³-hybridized carbons (Fsp3) is 0.308. The molecule has 2 N–H and O–H groups in total. The van der Waals surface area contributed by atoms with Crippen molar-refractivity contribution in [3.05, 3.63) is 70.3 Å². The van der Waals surface area contributed by atoms with Gasteiger partial charge in [-0.1, -0.05) is 18.2 Å². The third kappa shape index (κ3) is 3.35. The molecule has 1 atom stereocenters. The van der Waals surface area contributed by atoms with E-state index in [1.165, 1.54) is 5.57 Å². The van der Waals surface area contributed by atoms with Crippen molar-refractivity contribution in [3.8, 4) is 5.75 Å². The first kappa shape index (κ1) is 20.2. The lowest BCUT2D eigenvalue weighted by Gasteiger charge is -2.24. The minimum Gasteiger partial charge on any atom is -0.491 e. The predicted molar refractivity (Wildman–Crippen MR) is 125 cm³/mol. The van der Waals surface area contributed by atoms with Crippen molar-refractivity contribution in [1.29, 1.82) is 0 Å². The molecule has 4 heterocycles. The number of hydrogen-bond acceptors (Lipinski definition) is 6. The summed E-state index contributed by atoms with van der Waals surface area (Å²) >= 11 is 0. The van der Waals surface area contributed by atoms with Gasteiger partial charge in [0.25, 0.3) is 5.91 Å². The molecule has 1 amide bonds. The fourth-order valence-corrected chi connectivity index (χ4v) is 4.95. The Labute approximate surface area is 191 Å². The Morgan fingerprint density at radius 2 is 2.00 bits per heavy atom. The second kappa shape index (κ2) is 7.86. The van der Waals surface area contributed by atoms with Crippen molar-refractivity contribution in [2.45, 2.75) is 25.7 Å². The van der Waals surface area contributed by atoms with E-state index >= 15 is 0 Å². The van der Waals surface area contributed by atoms with Gasteiger partial charge in [0.05, 0.1) is 38.0 Å². The van der Waals surface area contributed by atoms with Crippen molar-refractivity contribution < 1.29 is 19.0 Å². The zero-order chi connectivity index (χ0) is 22.5. The average molecular weight is 444 g/mol. The summed E-state index contributed by atoms with van der Waals surface area (Å²) in [6.07, 6.45) is 3.02. The van der Waals surface area contributed by atoms with E-state index in [1.807, 2.05) is 25.2 Å². The highest BCUT2D eigenvalue weighted by Crippen LogP contribution is 2.39. The first-order valence-corrected chi connectivity index (χ1v) is 11.2. The van der Waals surface area contributed by atoms with Gasteiger partial charge in [0.15, 0.2) is 0 Å². The van der Waals surface area contributed by atoms with Crippen LogP contribution in [0.4, 0.5) is 5.82 Å². The molecule has 0 fully saturated rings. The standard InChI is InChI=1S/C26H25N3O4/c1-29(23-14-33-24-11-16(2-4-18(23)24)15-6-8-31-9-7-15)26(30)17-3-5-22-19(10-17)20-12-32-13-21(20)25(27)28-22/h2-6,10-11,23H,7-9,12-14H2,1H3,(H2,27,28)/t23-/m0/s1. The van der Waals surface area contributed by atoms with Crippen LogP contribution in [0.2, 0.25) is 0 Å². The van der Waals surface area contributed by atoms with E-state index in [9.17, 15) is 4.79 Å². The van der Waals surface area contributed by atoms with E-state index in [2.05, 4.69) is 29.3 Å². The quantitative estimate of drug-likeness (QED) is 0.662. The maximum absolute atomic E-state index is 13.4. The van der Waals surface area contributed by atoms with Gasteiger partial charge in [-0.2, -0.15) is 0 Å². The molecule has 0 unspecified atom stereocenters. The highest BCUT2D eigenvalue weighted by molar-refractivity contribution is 5.99. The molecule has 2 aromatic carbocycles. The van der Waals surface area contributed by atoms with Gasteiger partial charge in [-0.15, -0.1) is 0 Å². The van der Waals surface area contributed by atoms with E-state index in [1.54, 1.807) is 4.90 Å². The number of pyridine rings is 1. The zero-order valence-corrected chi connectivity index (χ0v) is 18.5. The van der Waals surface area contributed by atoms with Crippen LogP contribution in [0.15, 0.2) is 42.5 Å². The molecule has 0 aliphatic carbocycles. The van der Waals surface area contributed by atoms with Crippen molar-refractivity contribution >= 4 is 28.2 Å². The number of ether oxygens (including phenoxy) is 3. The van der Waals surface area contributed by atoms with Crippen LogP contribution in [0.1, 0.15) is 45.1 Å². The number of carbonyl (C=O) groups is 1. The van der Waals surface area contributed by atoms with Crippen molar-refractivity contribution in [1.82, 2.24) is 9.88 Å². The number of likely N-dealkylation sites (N-methyl/N-ethyl adjacent to an activating group) is 1. The highest BCUT2D eigenvalue weighted by atomic mass is 16.5. The average Bonchev–Trinajstić information content (AvgIpc) is 3.51. The number of rotatable bonds is 3. The van der Waals surface area contributed by atoms with E-state index in [0.29, 0.717) is 37.8 Å². The molecule has 0 saturated carbocycles. The van der Waals surface area contributed by atoms with Gasteiger partial charge >= 0.3 is 0 Å². The fourth-order valence-electron chi connectivity index (χ4n) is 4.95. The van der Waals surface area contributed by atoms with Gasteiger partial charge < -0.3 is 24.8 Å². The van der Waals surface area contributed by atoms with E-state index in [4.69, 9.17) is 19.9 Å². The Hall–Kier alpha value is -3.42. The lowest BCUT2D eigenvalue weighted by atomic mass is 9.97. The number of fused-ring (bicyclic) bond motifs is 4. The van der Waals surface area contributed by atoms with Gasteiger partial charge in [0.2, 0.25) is 0 Å². The number of carbonyl (C=O) groups excluding carboxylic acids is 1. The molecule has 0 spiro atoms. The predicted octanol–water partition coefficient (Wildman–Crippen LogP) is 3.86. The molecule has 33 heavy (non-hydrogen) atoms. The Morgan fingerprint density at radius 3 is 2.85 bits per heavy atom. The summed E-state index contributed by atoms with van der Waals surface area (Å²) in [6.45, 7) is 2.78. The molecule has 0 bridgehead atoms. The third-order valence-corrected chi connectivity index (χ3v) is 6.87. The summed E-state index contributed by atoms with van der Waals surface area (Å²) in [5, 5.41) is 0.924. The van der Waals surface area contributed by atoms with Crippen LogP contribution in [0, 0.1) is 0 Å². The lowest BCUT2D eigenvalue weighted by Crippen LogP contribution is -2.32. The number of benzene rings is 2. The van der Waals surface area contributed by atoms with Crippen molar-refractivity contribution in [3.63, 3.8) is 0 Å². The first-order valence-electron chi connectivity index (χ1n) is 11.2. The number of anilines is 1. The van der Waals surface area contributed by atoms with E-state index < -0.39 is 0 Å². The minimum absolute atomic E-state index is 0.0564. The van der Waals surface area contributed by atoms with Crippen LogP contribution in [0.3, 0.4) is 0 Å². The Balaban J connectivity index is 1.29. The maximum Gasteiger partial charge on any atom is 0.254 e. The first-order chi connectivity index (χ1) is 16.1. The van der Waals surface area contributed by atoms with Gasteiger partial charge in [-0.25, -0.2) is 4.98 Å². The molecule has 168 valence electrons. The molecule has 3 aromatic rings. The van der Waals surface area contributed by atoms with E-state index in [0.717, 1.165) is 51.9 Å². The molecular weight excluding hydrogens is 418 g/mol. The van der Waals surface area contributed by atoms with Crippen LogP contribution < -0.4 is 10.5 Å². The molecule has 7 nitrogen and oxygen atoms in total. The smallest absolute Gasteiger partial charge is 0.254 e. The van der Waals surface area contributed by atoms with Crippen molar-refractivity contribution in [2.24, 2.45) is 0 Å². The normalized spacial score (nSPS) is 19.1. The number of amides is 1. The monoisotopic (exact) mass is 443 g/mol. The van der Waals surface area contributed by atoms with Crippen LogP contribution in [-0.2, 0) is 22.7 Å². The topological polar surface area (TPSA) is 86.9 Å². The molecular formula is C26H25N3O4. The van der Waals surface area contributed by atoms with Gasteiger partial charge in [0.1, 0.15) is 18.2 Å². The number of aromatic nitrogens is 1. The van der Waals surface area contributed by atoms with Crippen LogP contribution in [-0.4, -0.2) is 42.7 Å². The summed E-state index contributed by atoms with van der Waals surface area (Å²) in [5.41, 5.74) is 12.9. The maximum atomic E-state index is 13.4. The van der Waals surface area contributed by atoms with E-state index in [-0.39, 0.29) is 11.9 Å². The minimum atomic E-state index is -0.139. The summed E-state index contributed by atoms with van der Waals surface area (Å²) in [4.78, 5) is 19.7. The van der Waals surface area contributed by atoms with Gasteiger partial charge in [0, 0.05) is 29.1 Å². The molecule has 0 radical (unpaired) electrons. The second-order valence-corrected chi connectivity index (χ2v) is 8.73. The largest absolute Gasteiger partial charge is 0.491 e. The molecule has 3 aliphatic rings. The van der Waals surface area contributed by atoms with Gasteiger partial charge in [-0.3, -0.25) is 4.79 Å². The number of nitrogens with zero attached hydrogens (tertiary/aromatic N) is 2.